The van der Waals surface area contributed by atoms with Gasteiger partial charge in [-0.3, -0.25) is 0 Å². The third-order valence-corrected chi connectivity index (χ3v) is 2.90. The van der Waals surface area contributed by atoms with Crippen molar-refractivity contribution in [1.82, 2.24) is 5.32 Å². The molecule has 2 rings (SSSR count). The molecule has 0 aromatic heterocycles. The van der Waals surface area contributed by atoms with Crippen molar-refractivity contribution in [2.75, 3.05) is 18.8 Å². The smallest absolute Gasteiger partial charge is 0.00141 e. The maximum Gasteiger partial charge on any atom is -0.00141 e. The molecule has 3 atom stereocenters. The summed E-state index contributed by atoms with van der Waals surface area (Å²) in [4.78, 5) is 0. The molecule has 0 bridgehead atoms. The Balaban J connectivity index is 1.94. The van der Waals surface area contributed by atoms with Crippen molar-refractivity contribution in [2.45, 2.75) is 0 Å². The van der Waals surface area contributed by atoms with Crippen LogP contribution in [0.2, 0.25) is 0 Å². The Bertz CT molecular complexity index is 87.9. The largest absolute Gasteiger partial charge is 0.316 e. The second-order valence-electron chi connectivity index (χ2n) is 2.83. The van der Waals surface area contributed by atoms with Crippen molar-refractivity contribution in [2.24, 2.45) is 17.8 Å². The Hall–Kier alpha value is 0.310. The molecule has 0 aromatic carbocycles. The topological polar surface area (TPSA) is 12.0 Å². The van der Waals surface area contributed by atoms with Crippen LogP contribution in [0, 0.1) is 17.8 Å². The van der Waals surface area contributed by atoms with E-state index in [0.717, 1.165) is 23.5 Å². The zero-order chi connectivity index (χ0) is 5.56. The van der Waals surface area contributed by atoms with E-state index >= 15 is 0 Å². The lowest BCUT2D eigenvalue weighted by Crippen LogP contribution is -2.14. The first-order chi connectivity index (χ1) is 3.93. The SMILES string of the molecule is SCC1[C@H]2CNC[C@@H]12. The number of hydrogen-bond acceptors (Lipinski definition) is 2. The maximum absolute atomic E-state index is 4.26. The molecular weight excluding hydrogens is 118 g/mol. The minimum Gasteiger partial charge on any atom is -0.316 e. The first-order valence-electron chi connectivity index (χ1n) is 3.25. The van der Waals surface area contributed by atoms with Gasteiger partial charge in [-0.25, -0.2) is 0 Å². The van der Waals surface area contributed by atoms with Crippen LogP contribution >= 0.6 is 12.6 Å². The predicted octanol–water partition coefficient (Wildman–Crippen LogP) is 0.382. The lowest BCUT2D eigenvalue weighted by molar-refractivity contribution is 0.641. The Morgan fingerprint density at radius 1 is 1.38 bits per heavy atom. The molecule has 0 amide bonds. The molecule has 0 spiro atoms. The second-order valence-corrected chi connectivity index (χ2v) is 3.20. The van der Waals surface area contributed by atoms with E-state index in [9.17, 15) is 0 Å². The molecule has 0 radical (unpaired) electrons. The van der Waals surface area contributed by atoms with Crippen LogP contribution < -0.4 is 5.32 Å². The van der Waals surface area contributed by atoms with Crippen LogP contribution in [0.3, 0.4) is 0 Å². The van der Waals surface area contributed by atoms with Gasteiger partial charge in [0, 0.05) is 0 Å². The third-order valence-electron chi connectivity index (χ3n) is 2.48. The number of nitrogens with one attached hydrogen (secondary N) is 1. The van der Waals surface area contributed by atoms with E-state index in [4.69, 9.17) is 0 Å². The maximum atomic E-state index is 4.26. The zero-order valence-corrected chi connectivity index (χ0v) is 5.70. The first kappa shape index (κ1) is 5.12. The van der Waals surface area contributed by atoms with Crippen molar-refractivity contribution in [1.29, 1.82) is 0 Å². The molecule has 1 aliphatic heterocycles. The Morgan fingerprint density at radius 2 is 2.00 bits per heavy atom. The molecule has 1 heterocycles. The molecule has 0 aromatic rings. The van der Waals surface area contributed by atoms with E-state index < -0.39 is 0 Å². The van der Waals surface area contributed by atoms with Gasteiger partial charge >= 0.3 is 0 Å². The van der Waals surface area contributed by atoms with Crippen molar-refractivity contribution in [3.63, 3.8) is 0 Å². The van der Waals surface area contributed by atoms with Gasteiger partial charge in [-0.05, 0) is 36.6 Å². The summed E-state index contributed by atoms with van der Waals surface area (Å²) in [6.07, 6.45) is 0. The van der Waals surface area contributed by atoms with Crippen LogP contribution in [-0.2, 0) is 0 Å². The van der Waals surface area contributed by atoms with E-state index in [-0.39, 0.29) is 0 Å². The minimum atomic E-state index is 0.972. The quantitative estimate of drug-likeness (QED) is 0.488. The summed E-state index contributed by atoms with van der Waals surface area (Å²) in [5.41, 5.74) is 0. The summed E-state index contributed by atoms with van der Waals surface area (Å²) in [6.45, 7) is 2.52. The van der Waals surface area contributed by atoms with Crippen LogP contribution in [-0.4, -0.2) is 18.8 Å². The minimum absolute atomic E-state index is 0.972. The molecule has 1 aliphatic carbocycles. The van der Waals surface area contributed by atoms with E-state index in [2.05, 4.69) is 17.9 Å². The van der Waals surface area contributed by atoms with Gasteiger partial charge in [0.05, 0.1) is 0 Å². The van der Waals surface area contributed by atoms with Gasteiger partial charge in [-0.15, -0.1) is 0 Å². The monoisotopic (exact) mass is 129 g/mol. The average Bonchev–Trinajstić information content (AvgIpc) is 2.22. The van der Waals surface area contributed by atoms with E-state index in [0.29, 0.717) is 0 Å². The summed E-state index contributed by atoms with van der Waals surface area (Å²) in [7, 11) is 0. The number of thiol groups is 1. The number of piperidine rings is 1. The van der Waals surface area contributed by atoms with Crippen molar-refractivity contribution in [3.05, 3.63) is 0 Å². The van der Waals surface area contributed by atoms with Gasteiger partial charge in [-0.1, -0.05) is 0 Å². The summed E-state index contributed by atoms with van der Waals surface area (Å²) >= 11 is 4.26. The van der Waals surface area contributed by atoms with E-state index in [1.54, 1.807) is 0 Å². The molecule has 1 N–H and O–H groups in total. The third kappa shape index (κ3) is 0.531. The van der Waals surface area contributed by atoms with Crippen LogP contribution in [0.4, 0.5) is 0 Å². The normalized spacial score (nSPS) is 51.4. The van der Waals surface area contributed by atoms with Gasteiger partial charge in [0.1, 0.15) is 0 Å². The second kappa shape index (κ2) is 1.64. The molecule has 2 fully saturated rings. The van der Waals surface area contributed by atoms with Crippen molar-refractivity contribution < 1.29 is 0 Å². The number of rotatable bonds is 1. The van der Waals surface area contributed by atoms with Crippen molar-refractivity contribution in [3.8, 4) is 0 Å². The molecule has 2 aliphatic rings. The molecule has 46 valence electrons. The van der Waals surface area contributed by atoms with Crippen LogP contribution in [0.15, 0.2) is 0 Å². The fourth-order valence-electron chi connectivity index (χ4n) is 1.82. The average molecular weight is 129 g/mol. The summed E-state index contributed by atoms with van der Waals surface area (Å²) in [6, 6.07) is 0. The summed E-state index contributed by atoms with van der Waals surface area (Å²) in [5.74, 6) is 4.09. The Kier molecular flexibility index (Phi) is 1.05. The van der Waals surface area contributed by atoms with Gasteiger partial charge in [0.2, 0.25) is 0 Å². The standard InChI is InChI=1S/C6H11NS/c8-3-6-4-1-7-2-5(4)6/h4-8H,1-3H2/t4-,5+,6?. The van der Waals surface area contributed by atoms with Crippen LogP contribution in [0.25, 0.3) is 0 Å². The number of hydrogen-bond donors (Lipinski definition) is 2. The van der Waals surface area contributed by atoms with E-state index in [1.807, 2.05) is 0 Å². The highest BCUT2D eigenvalue weighted by Crippen LogP contribution is 2.48. The summed E-state index contributed by atoms with van der Waals surface area (Å²) < 4.78 is 0. The fourth-order valence-corrected chi connectivity index (χ4v) is 2.36. The van der Waals surface area contributed by atoms with Gasteiger partial charge in [0.15, 0.2) is 0 Å². The van der Waals surface area contributed by atoms with E-state index in [1.165, 1.54) is 13.1 Å². The van der Waals surface area contributed by atoms with Gasteiger partial charge in [-0.2, -0.15) is 12.6 Å². The Labute approximate surface area is 55.3 Å². The fraction of sp³-hybridized carbons (Fsp3) is 1.00. The molecule has 2 heteroatoms. The molecule has 1 saturated carbocycles. The molecule has 1 saturated heterocycles. The number of fused-ring (bicyclic) bond motifs is 1. The highest BCUT2D eigenvalue weighted by Gasteiger charge is 2.51. The lowest BCUT2D eigenvalue weighted by Gasteiger charge is -1.97. The molecule has 1 nitrogen and oxygen atoms in total. The molecule has 1 unspecified atom stereocenters. The predicted molar refractivity (Wildman–Crippen MR) is 37.2 cm³/mol. The van der Waals surface area contributed by atoms with Gasteiger partial charge < -0.3 is 5.32 Å². The molecule has 8 heavy (non-hydrogen) atoms. The first-order valence-corrected chi connectivity index (χ1v) is 3.88. The van der Waals surface area contributed by atoms with Crippen LogP contribution in [0.1, 0.15) is 0 Å². The summed E-state index contributed by atoms with van der Waals surface area (Å²) in [5, 5.41) is 3.35. The molecular formula is C6H11NS. The zero-order valence-electron chi connectivity index (χ0n) is 4.80. The highest BCUT2D eigenvalue weighted by atomic mass is 32.1. The lowest BCUT2D eigenvalue weighted by atomic mass is 10.3. The van der Waals surface area contributed by atoms with Gasteiger partial charge in [0.25, 0.3) is 0 Å². The van der Waals surface area contributed by atoms with Crippen LogP contribution in [0.5, 0.6) is 0 Å². The highest BCUT2D eigenvalue weighted by molar-refractivity contribution is 7.80. The Morgan fingerprint density at radius 3 is 2.38 bits per heavy atom. The van der Waals surface area contributed by atoms with Crippen molar-refractivity contribution >= 4 is 12.6 Å².